The summed E-state index contributed by atoms with van der Waals surface area (Å²) in [7, 11) is 1.56. The fourth-order valence-electron chi connectivity index (χ4n) is 2.89. The van der Waals surface area contributed by atoms with Gasteiger partial charge in [-0.3, -0.25) is 4.79 Å². The number of furan rings is 1. The molecule has 0 radical (unpaired) electrons. The first-order valence-corrected chi connectivity index (χ1v) is 7.11. The molecule has 0 saturated carbocycles. The molecule has 3 aromatic rings. The number of rotatable bonds is 2. The maximum absolute atomic E-state index is 12.5. The van der Waals surface area contributed by atoms with Crippen LogP contribution in [0.3, 0.4) is 0 Å². The lowest BCUT2D eigenvalue weighted by atomic mass is 9.95. The smallest absolute Gasteiger partial charge is 0.179 e. The van der Waals surface area contributed by atoms with Crippen molar-refractivity contribution >= 4 is 16.8 Å². The van der Waals surface area contributed by atoms with Crippen molar-refractivity contribution in [2.75, 3.05) is 7.11 Å². The Morgan fingerprint density at radius 1 is 1.18 bits per heavy atom. The van der Waals surface area contributed by atoms with Crippen LogP contribution in [0.25, 0.3) is 11.0 Å². The highest BCUT2D eigenvalue weighted by atomic mass is 16.5. The van der Waals surface area contributed by atoms with Crippen molar-refractivity contribution < 1.29 is 18.7 Å². The molecule has 4 nitrogen and oxygen atoms in total. The minimum atomic E-state index is -0.271. The van der Waals surface area contributed by atoms with Gasteiger partial charge in [0.15, 0.2) is 17.1 Å². The summed E-state index contributed by atoms with van der Waals surface area (Å²) in [6, 6.07) is 13.3. The van der Waals surface area contributed by atoms with Gasteiger partial charge in [0.05, 0.1) is 30.7 Å². The summed E-state index contributed by atoms with van der Waals surface area (Å²) in [6.45, 7) is 0. The molecule has 4 heteroatoms. The van der Waals surface area contributed by atoms with Crippen LogP contribution in [0.15, 0.2) is 53.1 Å². The van der Waals surface area contributed by atoms with Gasteiger partial charge in [0, 0.05) is 0 Å². The Morgan fingerprint density at radius 2 is 2.00 bits per heavy atom. The Balaban J connectivity index is 1.87. The topological polar surface area (TPSA) is 48.7 Å². The second kappa shape index (κ2) is 4.91. The lowest BCUT2D eigenvalue weighted by Crippen LogP contribution is -2.20. The van der Waals surface area contributed by atoms with Crippen molar-refractivity contribution in [2.24, 2.45) is 0 Å². The van der Waals surface area contributed by atoms with Gasteiger partial charge >= 0.3 is 0 Å². The van der Waals surface area contributed by atoms with Gasteiger partial charge in [0.1, 0.15) is 11.9 Å². The Hall–Kier alpha value is -2.75. The SMILES string of the molecule is COc1cc2c(c3ccoc13)O[C@@H](c1ccccc1)CC2=O. The second-order valence-corrected chi connectivity index (χ2v) is 5.26. The maximum atomic E-state index is 12.5. The number of hydrogen-bond acceptors (Lipinski definition) is 4. The summed E-state index contributed by atoms with van der Waals surface area (Å²) in [5.41, 5.74) is 2.15. The van der Waals surface area contributed by atoms with Crippen LogP contribution in [0, 0.1) is 0 Å². The van der Waals surface area contributed by atoms with Crippen molar-refractivity contribution in [3.05, 3.63) is 59.9 Å². The molecule has 22 heavy (non-hydrogen) atoms. The first kappa shape index (κ1) is 13.0. The number of methoxy groups -OCH3 is 1. The Kier molecular flexibility index (Phi) is 2.89. The highest BCUT2D eigenvalue weighted by Gasteiger charge is 2.31. The van der Waals surface area contributed by atoms with Crippen molar-refractivity contribution in [3.63, 3.8) is 0 Å². The predicted molar refractivity (Wildman–Crippen MR) is 81.5 cm³/mol. The van der Waals surface area contributed by atoms with Crippen molar-refractivity contribution in [2.45, 2.75) is 12.5 Å². The molecule has 0 unspecified atom stereocenters. The maximum Gasteiger partial charge on any atom is 0.179 e. The van der Waals surface area contributed by atoms with E-state index in [0.717, 1.165) is 10.9 Å². The Morgan fingerprint density at radius 3 is 2.77 bits per heavy atom. The fraction of sp³-hybridized carbons (Fsp3) is 0.167. The van der Waals surface area contributed by atoms with Gasteiger partial charge in [-0.1, -0.05) is 30.3 Å². The minimum absolute atomic E-state index is 0.0523. The quantitative estimate of drug-likeness (QED) is 0.712. The molecule has 1 aliphatic heterocycles. The number of benzene rings is 2. The fourth-order valence-corrected chi connectivity index (χ4v) is 2.89. The van der Waals surface area contributed by atoms with E-state index >= 15 is 0 Å². The number of fused-ring (bicyclic) bond motifs is 3. The van der Waals surface area contributed by atoms with Crippen LogP contribution in [-0.2, 0) is 0 Å². The number of ether oxygens (including phenoxy) is 2. The van der Waals surface area contributed by atoms with Crippen LogP contribution < -0.4 is 9.47 Å². The van der Waals surface area contributed by atoms with E-state index in [2.05, 4.69) is 0 Å². The van der Waals surface area contributed by atoms with Crippen LogP contribution in [-0.4, -0.2) is 12.9 Å². The molecular weight excluding hydrogens is 280 g/mol. The van der Waals surface area contributed by atoms with Gasteiger partial charge in [0.2, 0.25) is 0 Å². The molecule has 0 fully saturated rings. The van der Waals surface area contributed by atoms with E-state index in [1.807, 2.05) is 30.3 Å². The summed E-state index contributed by atoms with van der Waals surface area (Å²) >= 11 is 0. The zero-order chi connectivity index (χ0) is 15.1. The molecule has 2 aromatic carbocycles. The zero-order valence-electron chi connectivity index (χ0n) is 12.0. The monoisotopic (exact) mass is 294 g/mol. The molecule has 110 valence electrons. The first-order chi connectivity index (χ1) is 10.8. The van der Waals surface area contributed by atoms with Crippen LogP contribution in [0.2, 0.25) is 0 Å². The van der Waals surface area contributed by atoms with Crippen molar-refractivity contribution in [1.82, 2.24) is 0 Å². The van der Waals surface area contributed by atoms with Gasteiger partial charge < -0.3 is 13.9 Å². The van der Waals surface area contributed by atoms with E-state index in [9.17, 15) is 4.79 Å². The predicted octanol–water partition coefficient (Wildman–Crippen LogP) is 4.15. The van der Waals surface area contributed by atoms with Crippen LogP contribution in [0.5, 0.6) is 11.5 Å². The van der Waals surface area contributed by atoms with Gasteiger partial charge in [-0.05, 0) is 17.7 Å². The molecule has 0 spiro atoms. The third kappa shape index (κ3) is 1.88. The van der Waals surface area contributed by atoms with Crippen LogP contribution in [0.4, 0.5) is 0 Å². The number of hydrogen-bond donors (Lipinski definition) is 0. The summed E-state index contributed by atoms with van der Waals surface area (Å²) in [5.74, 6) is 1.18. The molecule has 1 aromatic heterocycles. The highest BCUT2D eigenvalue weighted by molar-refractivity contribution is 6.06. The molecular formula is C18H14O4. The molecule has 2 heterocycles. The average molecular weight is 294 g/mol. The van der Waals surface area contributed by atoms with Gasteiger partial charge in [0.25, 0.3) is 0 Å². The molecule has 1 atom stereocenters. The van der Waals surface area contributed by atoms with Crippen LogP contribution in [0.1, 0.15) is 28.4 Å². The van der Waals surface area contributed by atoms with Gasteiger partial charge in [-0.25, -0.2) is 0 Å². The van der Waals surface area contributed by atoms with E-state index in [1.165, 1.54) is 0 Å². The standard InChI is InChI=1S/C18H14O4/c1-20-16-9-13-14(19)10-15(11-5-3-2-4-6-11)22-17(13)12-7-8-21-18(12)16/h2-9,15H,10H2,1H3/t15-/m1/s1. The van der Waals surface area contributed by atoms with Crippen LogP contribution >= 0.6 is 0 Å². The van der Waals surface area contributed by atoms with E-state index in [0.29, 0.717) is 29.1 Å². The largest absolute Gasteiger partial charge is 0.493 e. The van der Waals surface area contributed by atoms with E-state index in [-0.39, 0.29) is 11.9 Å². The summed E-state index contributed by atoms with van der Waals surface area (Å²) in [6.07, 6.45) is 1.63. The lowest BCUT2D eigenvalue weighted by molar-refractivity contribution is 0.0853. The first-order valence-electron chi connectivity index (χ1n) is 7.11. The third-order valence-corrected chi connectivity index (χ3v) is 3.98. The summed E-state index contributed by atoms with van der Waals surface area (Å²) in [5, 5.41) is 0.767. The van der Waals surface area contributed by atoms with Gasteiger partial charge in [-0.15, -0.1) is 0 Å². The molecule has 0 saturated heterocycles. The van der Waals surface area contributed by atoms with E-state index in [4.69, 9.17) is 13.9 Å². The molecule has 0 N–H and O–H groups in total. The summed E-state index contributed by atoms with van der Waals surface area (Å²) in [4.78, 5) is 12.5. The average Bonchev–Trinajstić information content (AvgIpc) is 3.05. The number of Topliss-reactive ketones (excluding diaryl/α,β-unsaturated/α-hetero) is 1. The second-order valence-electron chi connectivity index (χ2n) is 5.26. The van der Waals surface area contributed by atoms with E-state index < -0.39 is 0 Å². The Bertz CT molecular complexity index is 848. The molecule has 4 rings (SSSR count). The highest BCUT2D eigenvalue weighted by Crippen LogP contribution is 2.43. The number of ketones is 1. The van der Waals surface area contributed by atoms with Crippen molar-refractivity contribution in [3.8, 4) is 11.5 Å². The zero-order valence-corrected chi connectivity index (χ0v) is 12.0. The third-order valence-electron chi connectivity index (χ3n) is 3.98. The number of carbonyl (C=O) groups excluding carboxylic acids is 1. The Labute approximate surface area is 127 Å². The number of carbonyl (C=O) groups is 1. The molecule has 0 aliphatic carbocycles. The molecule has 1 aliphatic rings. The minimum Gasteiger partial charge on any atom is -0.493 e. The molecule has 0 bridgehead atoms. The van der Waals surface area contributed by atoms with Gasteiger partial charge in [-0.2, -0.15) is 0 Å². The normalized spacial score (nSPS) is 17.1. The van der Waals surface area contributed by atoms with E-state index in [1.54, 1.807) is 25.5 Å². The summed E-state index contributed by atoms with van der Waals surface area (Å²) < 4.78 is 16.9. The molecule has 0 amide bonds. The lowest BCUT2D eigenvalue weighted by Gasteiger charge is -2.26. The van der Waals surface area contributed by atoms with Crippen molar-refractivity contribution in [1.29, 1.82) is 0 Å².